The van der Waals surface area contributed by atoms with Crippen LogP contribution in [0.15, 0.2) is 152 Å². The van der Waals surface area contributed by atoms with E-state index >= 15 is 0 Å². The van der Waals surface area contributed by atoms with Crippen molar-refractivity contribution in [2.45, 2.75) is 205 Å². The molecule has 0 saturated heterocycles. The third-order valence-electron chi connectivity index (χ3n) is 24.0. The molecule has 0 radical (unpaired) electrons. The maximum atomic E-state index is 2.75. The number of benzene rings is 8. The van der Waals surface area contributed by atoms with Gasteiger partial charge in [0.2, 0.25) is 6.71 Å². The van der Waals surface area contributed by atoms with Crippen molar-refractivity contribution in [3.05, 3.63) is 207 Å². The molecule has 2 aliphatic heterocycles. The molecule has 8 aromatic carbocycles. The molecule has 0 bridgehead atoms. The first-order chi connectivity index (χ1) is 39.7. The lowest BCUT2D eigenvalue weighted by Gasteiger charge is -2.59. The Morgan fingerprint density at radius 3 is 1.68 bits per heavy atom. The molecule has 5 aliphatic carbocycles. The van der Waals surface area contributed by atoms with Crippen LogP contribution < -0.4 is 26.2 Å². The minimum Gasteiger partial charge on any atom is -0.311 e. The van der Waals surface area contributed by atoms with Crippen LogP contribution in [0.3, 0.4) is 0 Å². The second-order valence-electron chi connectivity index (χ2n) is 32.2. The zero-order valence-electron chi connectivity index (χ0n) is 53.3. The molecule has 0 aromatic heterocycles. The minimum absolute atomic E-state index is 0.0279. The monoisotopic (exact) mass is 1100 g/mol. The number of fused-ring (bicyclic) bond motifs is 11. The number of hydrogen-bond donors (Lipinski definition) is 0. The molecular weight excluding hydrogens is 1010 g/mol. The van der Waals surface area contributed by atoms with Crippen LogP contribution in [0, 0.1) is 5.41 Å². The van der Waals surface area contributed by atoms with Crippen molar-refractivity contribution in [1.82, 2.24) is 0 Å². The van der Waals surface area contributed by atoms with Crippen molar-refractivity contribution in [1.29, 1.82) is 0 Å². The highest BCUT2D eigenvalue weighted by Crippen LogP contribution is 2.64. The SMILES string of the molecule is CC(C)(C)c1cc2c3c(c1)C1(C)CCCCC1(C)CC3c1cc(-c3ccccc3)cc3c1B2c1ccc(N(c2ccc4c(c2)C(C)(C)CCC4(C)C)c2ccc4c(c2)C(C)(C)CCC4(C)C)cc1N3c1ccc2c(c1)-c1ccccc1C2(C)C. The van der Waals surface area contributed by atoms with Gasteiger partial charge in [0, 0.05) is 45.5 Å². The average Bonchev–Trinajstić information content (AvgIpc) is 0.807. The van der Waals surface area contributed by atoms with Crippen LogP contribution in [0.4, 0.5) is 34.1 Å². The summed E-state index contributed by atoms with van der Waals surface area (Å²) in [5.74, 6) is 0.288. The van der Waals surface area contributed by atoms with Crippen LogP contribution in [0.25, 0.3) is 22.3 Å². The first-order valence-electron chi connectivity index (χ1n) is 32.4. The van der Waals surface area contributed by atoms with E-state index in [9.17, 15) is 0 Å². The highest BCUT2D eigenvalue weighted by Gasteiger charge is 2.57. The van der Waals surface area contributed by atoms with Crippen molar-refractivity contribution in [3.8, 4) is 22.3 Å². The molecule has 1 saturated carbocycles. The fourth-order valence-corrected chi connectivity index (χ4v) is 18.3. The van der Waals surface area contributed by atoms with Gasteiger partial charge >= 0.3 is 0 Å². The zero-order chi connectivity index (χ0) is 58.6. The van der Waals surface area contributed by atoms with Crippen LogP contribution in [-0.2, 0) is 37.9 Å². The summed E-state index contributed by atoms with van der Waals surface area (Å²) in [7, 11) is 0. The second-order valence-corrected chi connectivity index (χ2v) is 32.2. The van der Waals surface area contributed by atoms with E-state index < -0.39 is 0 Å². The Morgan fingerprint density at radius 2 is 1.02 bits per heavy atom. The molecule has 426 valence electrons. The van der Waals surface area contributed by atoms with Crippen LogP contribution in [0.2, 0.25) is 0 Å². The lowest BCUT2D eigenvalue weighted by atomic mass is 9.29. The fraction of sp³-hybridized carbons (Fsp3) is 0.407. The molecule has 0 spiro atoms. The molecule has 15 rings (SSSR count). The third-order valence-corrected chi connectivity index (χ3v) is 24.0. The van der Waals surface area contributed by atoms with Crippen molar-refractivity contribution in [3.63, 3.8) is 0 Å². The van der Waals surface area contributed by atoms with E-state index in [4.69, 9.17) is 0 Å². The van der Waals surface area contributed by atoms with Crippen molar-refractivity contribution in [2.24, 2.45) is 5.41 Å². The minimum atomic E-state index is -0.108. The highest BCUT2D eigenvalue weighted by molar-refractivity contribution is 6.99. The maximum Gasteiger partial charge on any atom is 0.247 e. The predicted molar refractivity (Wildman–Crippen MR) is 360 cm³/mol. The van der Waals surface area contributed by atoms with Crippen LogP contribution in [-0.4, -0.2) is 6.71 Å². The van der Waals surface area contributed by atoms with Crippen molar-refractivity contribution >= 4 is 57.2 Å². The Morgan fingerprint density at radius 1 is 0.452 bits per heavy atom. The molecule has 2 heterocycles. The van der Waals surface area contributed by atoms with E-state index in [1.165, 1.54) is 170 Å². The molecule has 1 fully saturated rings. The average molecular weight is 1100 g/mol. The van der Waals surface area contributed by atoms with Gasteiger partial charge in [0.05, 0.1) is 0 Å². The fourth-order valence-electron chi connectivity index (χ4n) is 18.3. The number of anilines is 6. The molecule has 0 amide bonds. The summed E-state index contributed by atoms with van der Waals surface area (Å²) >= 11 is 0. The molecule has 84 heavy (non-hydrogen) atoms. The molecule has 3 unspecified atom stereocenters. The van der Waals surface area contributed by atoms with Crippen LogP contribution in [0.5, 0.6) is 0 Å². The quantitative estimate of drug-likeness (QED) is 0.159. The molecular formula is C81H89BN2. The summed E-state index contributed by atoms with van der Waals surface area (Å²) in [6.07, 6.45) is 11.0. The van der Waals surface area contributed by atoms with Gasteiger partial charge in [0.1, 0.15) is 0 Å². The van der Waals surface area contributed by atoms with Gasteiger partial charge in [-0.1, -0.05) is 219 Å². The van der Waals surface area contributed by atoms with Gasteiger partial charge in [0.15, 0.2) is 0 Å². The van der Waals surface area contributed by atoms with Gasteiger partial charge in [-0.15, -0.1) is 0 Å². The van der Waals surface area contributed by atoms with Crippen molar-refractivity contribution in [2.75, 3.05) is 9.80 Å². The summed E-state index contributed by atoms with van der Waals surface area (Å²) in [6.45, 7) is 37.4. The summed E-state index contributed by atoms with van der Waals surface area (Å²) in [5.41, 5.74) is 32.7. The Hall–Kier alpha value is -6.58. The van der Waals surface area contributed by atoms with E-state index in [0.29, 0.717) is 0 Å². The zero-order valence-corrected chi connectivity index (χ0v) is 53.3. The summed E-state index contributed by atoms with van der Waals surface area (Å²) in [5, 5.41) is 0. The number of nitrogens with zero attached hydrogens (tertiary/aromatic N) is 2. The molecule has 0 N–H and O–H groups in total. The maximum absolute atomic E-state index is 2.75. The van der Waals surface area contributed by atoms with Gasteiger partial charge in [-0.05, 0) is 226 Å². The van der Waals surface area contributed by atoms with E-state index in [1.54, 1.807) is 16.6 Å². The Labute approximate surface area is 504 Å². The molecule has 3 heteroatoms. The van der Waals surface area contributed by atoms with E-state index in [-0.39, 0.29) is 56.0 Å². The molecule has 7 aliphatic rings. The number of rotatable bonds is 5. The highest BCUT2D eigenvalue weighted by atomic mass is 15.2. The smallest absolute Gasteiger partial charge is 0.247 e. The van der Waals surface area contributed by atoms with Gasteiger partial charge in [-0.3, -0.25) is 0 Å². The number of hydrogen-bond acceptors (Lipinski definition) is 2. The lowest BCUT2D eigenvalue weighted by molar-refractivity contribution is 0.0602. The van der Waals surface area contributed by atoms with Gasteiger partial charge in [-0.2, -0.15) is 0 Å². The van der Waals surface area contributed by atoms with Crippen LogP contribution >= 0.6 is 0 Å². The van der Waals surface area contributed by atoms with E-state index in [0.717, 1.165) is 0 Å². The lowest BCUT2D eigenvalue weighted by Crippen LogP contribution is -2.64. The van der Waals surface area contributed by atoms with E-state index in [2.05, 4.69) is 265 Å². The standard InChI is InChI=1S/C81H89BN2/c1-74(2,3)52-43-67-72-60(49-80(14)35-21-22-36-81(67,80)15)59-41-51(50-23-17-16-18-24-50)42-71-73(59)82(69(72)44-52)68-34-30-56(48-70(68)84(71)53-27-31-62-58(45-53)57-25-19-20-26-61(57)79(62,12)13)83(54-28-32-63-65(46-54)77(8,9)39-37-75(63,4)5)55-29-33-64-66(47-55)78(10,11)40-38-76(64,6)7/h16-20,23-34,41-48,60H,21-22,35-40,49H2,1-15H3. The Balaban J connectivity index is 1.05. The normalized spacial score (nSPS) is 23.6. The summed E-state index contributed by atoms with van der Waals surface area (Å²) < 4.78 is 0. The van der Waals surface area contributed by atoms with Gasteiger partial charge < -0.3 is 9.80 Å². The summed E-state index contributed by atoms with van der Waals surface area (Å²) in [6, 6.07) is 61.7. The first kappa shape index (κ1) is 54.1. The second kappa shape index (κ2) is 17.8. The summed E-state index contributed by atoms with van der Waals surface area (Å²) in [4.78, 5) is 5.40. The Bertz CT molecular complexity index is 4000. The van der Waals surface area contributed by atoms with E-state index in [1.807, 2.05) is 0 Å². The third kappa shape index (κ3) is 7.67. The van der Waals surface area contributed by atoms with Gasteiger partial charge in [0.25, 0.3) is 0 Å². The molecule has 8 aromatic rings. The van der Waals surface area contributed by atoms with Gasteiger partial charge in [-0.25, -0.2) is 0 Å². The van der Waals surface area contributed by atoms with Crippen molar-refractivity contribution < 1.29 is 0 Å². The predicted octanol–water partition coefficient (Wildman–Crippen LogP) is 20.1. The van der Waals surface area contributed by atoms with Crippen LogP contribution in [0.1, 0.15) is 223 Å². The Kier molecular flexibility index (Phi) is 11.4. The molecule has 2 nitrogen and oxygen atoms in total. The largest absolute Gasteiger partial charge is 0.311 e. The first-order valence-corrected chi connectivity index (χ1v) is 32.4. The topological polar surface area (TPSA) is 6.48 Å². The molecule has 3 atom stereocenters.